The Kier molecular flexibility index (Phi) is 4.61. The fourth-order valence-corrected chi connectivity index (χ4v) is 3.36. The molecule has 1 fully saturated rings. The summed E-state index contributed by atoms with van der Waals surface area (Å²) in [6, 6.07) is 0. The average Bonchev–Trinajstić information content (AvgIpc) is 2.94. The van der Waals surface area contributed by atoms with Gasteiger partial charge in [-0.25, -0.2) is 9.29 Å². The number of imide groups is 2. The molecule has 1 N–H and O–H groups in total. The Hall–Kier alpha value is -3.37. The highest BCUT2D eigenvalue weighted by atomic mass is 19.1. The Morgan fingerprint density at radius 3 is 1.61 bits per heavy atom. The molecule has 1 aromatic rings. The van der Waals surface area contributed by atoms with Crippen molar-refractivity contribution in [3.05, 3.63) is 11.1 Å². The number of piperidine rings is 1. The predicted octanol–water partition coefficient (Wildman–Crippen LogP) is 0.419. The minimum atomic E-state index is -3.04. The molecule has 0 bridgehead atoms. The molecule has 0 saturated carbocycles. The maximum atomic E-state index is 15.5. The first kappa shape index (κ1) is 19.4. The second-order valence-electron chi connectivity index (χ2n) is 5.97. The van der Waals surface area contributed by atoms with Crippen LogP contribution in [0.3, 0.4) is 0 Å². The molecule has 2 heterocycles. The van der Waals surface area contributed by atoms with Crippen molar-refractivity contribution in [1.82, 2.24) is 10.2 Å². The highest BCUT2D eigenvalue weighted by Gasteiger charge is 2.59. The summed E-state index contributed by atoms with van der Waals surface area (Å²) in [6.45, 7) is 0. The first-order valence-corrected chi connectivity index (χ1v) is 8.08. The molecule has 11 heteroatoms. The van der Waals surface area contributed by atoms with Crippen LogP contribution in [-0.2, 0) is 9.59 Å². The minimum Gasteiger partial charge on any atom is -0.492 e. The molecule has 3 rings (SSSR count). The lowest BCUT2D eigenvalue weighted by atomic mass is 10.0. The summed E-state index contributed by atoms with van der Waals surface area (Å²) < 4.78 is 36.4. The molecule has 2 aliphatic heterocycles. The highest BCUT2D eigenvalue weighted by molar-refractivity contribution is 6.27. The van der Waals surface area contributed by atoms with Crippen molar-refractivity contribution in [2.75, 3.05) is 28.4 Å². The number of rotatable bonds is 5. The van der Waals surface area contributed by atoms with Gasteiger partial charge in [-0.15, -0.1) is 0 Å². The van der Waals surface area contributed by atoms with Crippen LogP contribution < -0.4 is 24.3 Å². The SMILES string of the molecule is COc1c(OC)c(OC)c2c(c1OC)C(=O)N(C1(F)CCC(=O)NC1=O)C2=O. The number of benzene rings is 1. The van der Waals surface area contributed by atoms with Gasteiger partial charge in [0.05, 0.1) is 28.4 Å². The lowest BCUT2D eigenvalue weighted by Crippen LogP contribution is -2.61. The summed E-state index contributed by atoms with van der Waals surface area (Å²) >= 11 is 0. The number of alkyl halides is 1. The standard InChI is InChI=1S/C17H17FN2O8/c1-25-10-8-9(11(26-2)13(28-4)12(10)27-3)15(23)20(14(8)22)17(18)6-5-7(21)19-16(17)24/h5-6H2,1-4H3,(H,19,21,24). The molecular formula is C17H17FN2O8. The molecule has 0 spiro atoms. The van der Waals surface area contributed by atoms with E-state index < -0.39 is 35.8 Å². The van der Waals surface area contributed by atoms with Crippen molar-refractivity contribution < 1.29 is 42.5 Å². The normalized spacial score (nSPS) is 21.4. The molecule has 0 aromatic heterocycles. The Morgan fingerprint density at radius 1 is 0.821 bits per heavy atom. The topological polar surface area (TPSA) is 120 Å². The molecule has 0 radical (unpaired) electrons. The van der Waals surface area contributed by atoms with Crippen LogP contribution in [0.4, 0.5) is 4.39 Å². The Bertz CT molecular complexity index is 864. The van der Waals surface area contributed by atoms with Crippen molar-refractivity contribution >= 4 is 23.6 Å². The molecule has 1 atom stereocenters. The number of methoxy groups -OCH3 is 4. The molecule has 28 heavy (non-hydrogen) atoms. The van der Waals surface area contributed by atoms with E-state index in [4.69, 9.17) is 18.9 Å². The number of carbonyl (C=O) groups excluding carboxylic acids is 4. The first-order valence-electron chi connectivity index (χ1n) is 8.08. The molecule has 4 amide bonds. The summed E-state index contributed by atoms with van der Waals surface area (Å²) in [4.78, 5) is 49.7. The van der Waals surface area contributed by atoms with Gasteiger partial charge in [0, 0.05) is 12.8 Å². The Balaban J connectivity index is 2.26. The lowest BCUT2D eigenvalue weighted by Gasteiger charge is -2.34. The van der Waals surface area contributed by atoms with E-state index in [1.807, 2.05) is 0 Å². The summed E-state index contributed by atoms with van der Waals surface area (Å²) in [5.41, 5.74) is -0.660. The lowest BCUT2D eigenvalue weighted by molar-refractivity contribution is -0.151. The second kappa shape index (κ2) is 6.66. The molecule has 2 aliphatic rings. The van der Waals surface area contributed by atoms with Crippen molar-refractivity contribution in [2.45, 2.75) is 18.6 Å². The van der Waals surface area contributed by atoms with Gasteiger partial charge < -0.3 is 18.9 Å². The molecule has 150 valence electrons. The maximum absolute atomic E-state index is 15.5. The third kappa shape index (κ3) is 2.38. The number of ether oxygens (including phenoxy) is 4. The van der Waals surface area contributed by atoms with Gasteiger partial charge in [0.1, 0.15) is 11.1 Å². The quantitative estimate of drug-likeness (QED) is 0.562. The molecule has 1 unspecified atom stereocenters. The van der Waals surface area contributed by atoms with Gasteiger partial charge in [0.25, 0.3) is 23.5 Å². The molecule has 0 aliphatic carbocycles. The van der Waals surface area contributed by atoms with E-state index in [0.29, 0.717) is 0 Å². The van der Waals surface area contributed by atoms with Gasteiger partial charge in [0.15, 0.2) is 11.5 Å². The van der Waals surface area contributed by atoms with Gasteiger partial charge in [-0.3, -0.25) is 24.5 Å². The van der Waals surface area contributed by atoms with Gasteiger partial charge in [-0.2, -0.15) is 0 Å². The van der Waals surface area contributed by atoms with Crippen LogP contribution in [0.5, 0.6) is 23.0 Å². The fraction of sp³-hybridized carbons (Fsp3) is 0.412. The number of hydrogen-bond donors (Lipinski definition) is 1. The van der Waals surface area contributed by atoms with E-state index in [1.54, 1.807) is 5.32 Å². The van der Waals surface area contributed by atoms with Gasteiger partial charge in [0.2, 0.25) is 17.4 Å². The average molecular weight is 396 g/mol. The number of carbonyl (C=O) groups is 4. The van der Waals surface area contributed by atoms with Crippen LogP contribution in [0.1, 0.15) is 33.6 Å². The monoisotopic (exact) mass is 396 g/mol. The third-order valence-electron chi connectivity index (χ3n) is 4.61. The largest absolute Gasteiger partial charge is 0.492 e. The molecule has 10 nitrogen and oxygen atoms in total. The van der Waals surface area contributed by atoms with E-state index in [9.17, 15) is 19.2 Å². The molecule has 1 saturated heterocycles. The van der Waals surface area contributed by atoms with Crippen LogP contribution in [0, 0.1) is 0 Å². The molecule has 1 aromatic carbocycles. The zero-order valence-electron chi connectivity index (χ0n) is 15.5. The smallest absolute Gasteiger partial charge is 0.285 e. The Morgan fingerprint density at radius 2 is 1.25 bits per heavy atom. The van der Waals surface area contributed by atoms with Crippen molar-refractivity contribution in [3.8, 4) is 23.0 Å². The first-order chi connectivity index (χ1) is 13.3. The van der Waals surface area contributed by atoms with Gasteiger partial charge >= 0.3 is 0 Å². The number of halogens is 1. The van der Waals surface area contributed by atoms with E-state index in [2.05, 4.69) is 0 Å². The maximum Gasteiger partial charge on any atom is 0.285 e. The zero-order valence-corrected chi connectivity index (χ0v) is 15.5. The van der Waals surface area contributed by atoms with E-state index in [1.165, 1.54) is 28.4 Å². The number of amides is 4. The highest BCUT2D eigenvalue weighted by Crippen LogP contribution is 2.53. The van der Waals surface area contributed by atoms with Crippen LogP contribution >= 0.6 is 0 Å². The van der Waals surface area contributed by atoms with Crippen molar-refractivity contribution in [2.24, 2.45) is 0 Å². The van der Waals surface area contributed by atoms with Crippen LogP contribution in [0.2, 0.25) is 0 Å². The Labute approximate surface area is 158 Å². The predicted molar refractivity (Wildman–Crippen MR) is 89.4 cm³/mol. The van der Waals surface area contributed by atoms with Crippen molar-refractivity contribution in [1.29, 1.82) is 0 Å². The van der Waals surface area contributed by atoms with E-state index >= 15 is 4.39 Å². The summed E-state index contributed by atoms with van der Waals surface area (Å²) in [5.74, 6) is -7.81. The van der Waals surface area contributed by atoms with Crippen LogP contribution in [-0.4, -0.2) is 62.8 Å². The van der Waals surface area contributed by atoms with Gasteiger partial charge in [-0.1, -0.05) is 0 Å². The minimum absolute atomic E-state index is 0.0419. The number of fused-ring (bicyclic) bond motifs is 1. The number of hydrogen-bond acceptors (Lipinski definition) is 8. The number of nitrogens with one attached hydrogen (secondary N) is 1. The van der Waals surface area contributed by atoms with E-state index in [0.717, 1.165) is 0 Å². The fourth-order valence-electron chi connectivity index (χ4n) is 3.36. The van der Waals surface area contributed by atoms with E-state index in [-0.39, 0.29) is 45.4 Å². The van der Waals surface area contributed by atoms with Gasteiger partial charge in [-0.05, 0) is 0 Å². The summed E-state index contributed by atoms with van der Waals surface area (Å²) in [6.07, 6.45) is -1.04. The summed E-state index contributed by atoms with van der Waals surface area (Å²) in [5, 5.41) is 1.81. The zero-order chi connectivity index (χ0) is 20.8. The number of nitrogens with zero attached hydrogens (tertiary/aromatic N) is 1. The summed E-state index contributed by atoms with van der Waals surface area (Å²) in [7, 11) is 5.01. The molecular weight excluding hydrogens is 379 g/mol. The van der Waals surface area contributed by atoms with Crippen molar-refractivity contribution in [3.63, 3.8) is 0 Å². The van der Waals surface area contributed by atoms with Crippen LogP contribution in [0.25, 0.3) is 0 Å². The van der Waals surface area contributed by atoms with Crippen LogP contribution in [0.15, 0.2) is 0 Å². The third-order valence-corrected chi connectivity index (χ3v) is 4.61. The second-order valence-corrected chi connectivity index (χ2v) is 5.97.